The summed E-state index contributed by atoms with van der Waals surface area (Å²) in [5.74, 6) is -0.224. The SMILES string of the molecule is CCc1nnc(CNC(=O)c2cc(Cn3ccc4ccccc43)[nH]n2)s1. The quantitative estimate of drug-likeness (QED) is 0.549. The van der Waals surface area contributed by atoms with Crippen LogP contribution in [0.5, 0.6) is 0 Å². The minimum atomic E-state index is -0.224. The highest BCUT2D eigenvalue weighted by molar-refractivity contribution is 7.11. The number of para-hydroxylation sites is 1. The van der Waals surface area contributed by atoms with E-state index in [0.717, 1.165) is 27.6 Å². The van der Waals surface area contributed by atoms with Gasteiger partial charge in [0.05, 0.1) is 18.8 Å². The van der Waals surface area contributed by atoms with Gasteiger partial charge >= 0.3 is 0 Å². The third kappa shape index (κ3) is 3.36. The molecule has 4 rings (SSSR count). The molecule has 8 heteroatoms. The van der Waals surface area contributed by atoms with Gasteiger partial charge in [0.2, 0.25) is 0 Å². The lowest BCUT2D eigenvalue weighted by atomic mass is 10.2. The van der Waals surface area contributed by atoms with E-state index < -0.39 is 0 Å². The zero-order valence-electron chi connectivity index (χ0n) is 14.3. The van der Waals surface area contributed by atoms with Crippen molar-refractivity contribution >= 4 is 28.1 Å². The normalized spacial score (nSPS) is 11.1. The van der Waals surface area contributed by atoms with Gasteiger partial charge < -0.3 is 9.88 Å². The van der Waals surface area contributed by atoms with Gasteiger partial charge in [0.25, 0.3) is 5.91 Å². The van der Waals surface area contributed by atoms with E-state index in [9.17, 15) is 4.79 Å². The molecule has 1 amide bonds. The number of H-pyrrole nitrogens is 1. The molecule has 4 aromatic rings. The lowest BCUT2D eigenvalue weighted by Crippen LogP contribution is -2.23. The number of nitrogens with zero attached hydrogens (tertiary/aromatic N) is 4. The highest BCUT2D eigenvalue weighted by Crippen LogP contribution is 2.16. The van der Waals surface area contributed by atoms with E-state index in [2.05, 4.69) is 48.5 Å². The lowest BCUT2D eigenvalue weighted by Gasteiger charge is -2.02. The Morgan fingerprint density at radius 2 is 2.08 bits per heavy atom. The van der Waals surface area contributed by atoms with E-state index in [4.69, 9.17) is 0 Å². The molecule has 1 aromatic carbocycles. The average Bonchev–Trinajstić information content (AvgIpc) is 3.40. The van der Waals surface area contributed by atoms with Gasteiger partial charge in [-0.15, -0.1) is 10.2 Å². The number of aromatic amines is 1. The molecular formula is C18H18N6OS. The third-order valence-corrected chi connectivity index (χ3v) is 5.16. The van der Waals surface area contributed by atoms with Crippen LogP contribution in [0.2, 0.25) is 0 Å². The molecule has 7 nitrogen and oxygen atoms in total. The molecule has 132 valence electrons. The van der Waals surface area contributed by atoms with Crippen molar-refractivity contribution in [3.05, 3.63) is 64.0 Å². The molecule has 0 spiro atoms. The van der Waals surface area contributed by atoms with Crippen LogP contribution >= 0.6 is 11.3 Å². The number of hydrogen-bond acceptors (Lipinski definition) is 5. The van der Waals surface area contributed by atoms with Crippen LogP contribution in [0.25, 0.3) is 10.9 Å². The molecule has 0 atom stereocenters. The van der Waals surface area contributed by atoms with Gasteiger partial charge in [-0.2, -0.15) is 5.10 Å². The van der Waals surface area contributed by atoms with Gasteiger partial charge in [-0.25, -0.2) is 0 Å². The van der Waals surface area contributed by atoms with Crippen LogP contribution in [0.3, 0.4) is 0 Å². The Labute approximate surface area is 154 Å². The number of rotatable bonds is 6. The summed E-state index contributed by atoms with van der Waals surface area (Å²) in [7, 11) is 0. The number of benzene rings is 1. The highest BCUT2D eigenvalue weighted by Gasteiger charge is 2.12. The zero-order valence-corrected chi connectivity index (χ0v) is 15.1. The van der Waals surface area contributed by atoms with Crippen molar-refractivity contribution in [2.24, 2.45) is 0 Å². The van der Waals surface area contributed by atoms with E-state index in [0.29, 0.717) is 18.8 Å². The summed E-state index contributed by atoms with van der Waals surface area (Å²) >= 11 is 1.51. The van der Waals surface area contributed by atoms with E-state index in [1.807, 2.05) is 25.3 Å². The monoisotopic (exact) mass is 366 g/mol. The fraction of sp³-hybridized carbons (Fsp3) is 0.222. The van der Waals surface area contributed by atoms with E-state index in [1.165, 1.54) is 16.7 Å². The van der Waals surface area contributed by atoms with E-state index in [-0.39, 0.29) is 5.91 Å². The topological polar surface area (TPSA) is 88.5 Å². The van der Waals surface area contributed by atoms with Gasteiger partial charge in [-0.3, -0.25) is 9.89 Å². The van der Waals surface area contributed by atoms with Crippen molar-refractivity contribution in [1.29, 1.82) is 0 Å². The molecular weight excluding hydrogens is 348 g/mol. The van der Waals surface area contributed by atoms with Gasteiger partial charge in [0.1, 0.15) is 15.7 Å². The molecule has 2 N–H and O–H groups in total. The van der Waals surface area contributed by atoms with Crippen molar-refractivity contribution in [1.82, 2.24) is 30.3 Å². The molecule has 0 aliphatic heterocycles. The first kappa shape index (κ1) is 16.5. The maximum Gasteiger partial charge on any atom is 0.272 e. The Bertz CT molecular complexity index is 1050. The molecule has 26 heavy (non-hydrogen) atoms. The maximum atomic E-state index is 12.3. The molecule has 0 radical (unpaired) electrons. The van der Waals surface area contributed by atoms with E-state index >= 15 is 0 Å². The first-order valence-electron chi connectivity index (χ1n) is 8.40. The number of aromatic nitrogens is 5. The number of fused-ring (bicyclic) bond motifs is 1. The predicted octanol–water partition coefficient (Wildman–Crippen LogP) is 2.76. The van der Waals surface area contributed by atoms with Crippen LogP contribution < -0.4 is 5.32 Å². The summed E-state index contributed by atoms with van der Waals surface area (Å²) in [6, 6.07) is 12.0. The lowest BCUT2D eigenvalue weighted by molar-refractivity contribution is 0.0946. The standard InChI is InChI=1S/C18H18N6OS/c1-2-16-22-23-17(26-16)10-19-18(25)14-9-13(20-21-14)11-24-8-7-12-5-3-4-6-15(12)24/h3-9H,2,10-11H2,1H3,(H,19,25)(H,20,21). The molecule has 0 saturated heterocycles. The number of aryl methyl sites for hydroxylation is 1. The second-order valence-corrected chi connectivity index (χ2v) is 7.05. The van der Waals surface area contributed by atoms with E-state index in [1.54, 1.807) is 6.07 Å². The van der Waals surface area contributed by atoms with Gasteiger partial charge in [-0.05, 0) is 30.0 Å². The van der Waals surface area contributed by atoms with Crippen molar-refractivity contribution in [3.63, 3.8) is 0 Å². The number of carbonyl (C=O) groups excluding carboxylic acids is 1. The van der Waals surface area contributed by atoms with Crippen molar-refractivity contribution in [2.75, 3.05) is 0 Å². The number of carbonyl (C=O) groups is 1. The maximum absolute atomic E-state index is 12.3. The van der Waals surface area contributed by atoms with Gasteiger partial charge in [-0.1, -0.05) is 36.5 Å². The Kier molecular flexibility index (Phi) is 4.49. The van der Waals surface area contributed by atoms with Crippen LogP contribution in [0.1, 0.15) is 33.1 Å². The minimum Gasteiger partial charge on any atom is -0.344 e. The molecule has 0 aliphatic carbocycles. The first-order chi connectivity index (χ1) is 12.7. The Morgan fingerprint density at radius 1 is 1.23 bits per heavy atom. The summed E-state index contributed by atoms with van der Waals surface area (Å²) in [5, 5.41) is 21.0. The third-order valence-electron chi connectivity index (χ3n) is 4.10. The summed E-state index contributed by atoms with van der Waals surface area (Å²) < 4.78 is 2.12. The van der Waals surface area contributed by atoms with Crippen LogP contribution in [-0.4, -0.2) is 30.9 Å². The van der Waals surface area contributed by atoms with Crippen LogP contribution in [0.4, 0.5) is 0 Å². The van der Waals surface area contributed by atoms with Crippen molar-refractivity contribution < 1.29 is 4.79 Å². The average molecular weight is 366 g/mol. The fourth-order valence-corrected chi connectivity index (χ4v) is 3.49. The Hall–Kier alpha value is -3.00. The Morgan fingerprint density at radius 3 is 2.92 bits per heavy atom. The van der Waals surface area contributed by atoms with Crippen LogP contribution in [0.15, 0.2) is 42.6 Å². The summed E-state index contributed by atoms with van der Waals surface area (Å²) in [5.41, 5.74) is 2.40. The first-order valence-corrected chi connectivity index (χ1v) is 9.22. The molecule has 3 aromatic heterocycles. The molecule has 0 unspecified atom stereocenters. The molecule has 0 saturated carbocycles. The second-order valence-electron chi connectivity index (χ2n) is 5.91. The smallest absolute Gasteiger partial charge is 0.272 e. The largest absolute Gasteiger partial charge is 0.344 e. The molecule has 0 fully saturated rings. The van der Waals surface area contributed by atoms with Crippen LogP contribution in [-0.2, 0) is 19.5 Å². The second kappa shape index (κ2) is 7.09. The summed E-state index contributed by atoms with van der Waals surface area (Å²) in [6.45, 7) is 3.02. The van der Waals surface area contributed by atoms with Crippen molar-refractivity contribution in [3.8, 4) is 0 Å². The Balaban J connectivity index is 1.41. The number of amides is 1. The number of nitrogens with one attached hydrogen (secondary N) is 2. The minimum absolute atomic E-state index is 0.224. The zero-order chi connectivity index (χ0) is 17.9. The summed E-state index contributed by atoms with van der Waals surface area (Å²) in [6.07, 6.45) is 2.88. The molecule has 0 aliphatic rings. The molecule has 3 heterocycles. The summed E-state index contributed by atoms with van der Waals surface area (Å²) in [4.78, 5) is 12.3. The molecule has 0 bridgehead atoms. The van der Waals surface area contributed by atoms with Crippen molar-refractivity contribution in [2.45, 2.75) is 26.4 Å². The number of hydrogen-bond donors (Lipinski definition) is 2. The van der Waals surface area contributed by atoms with Gasteiger partial charge in [0, 0.05) is 11.7 Å². The van der Waals surface area contributed by atoms with Crippen LogP contribution in [0, 0.1) is 0 Å². The predicted molar refractivity (Wildman–Crippen MR) is 100 cm³/mol. The highest BCUT2D eigenvalue weighted by atomic mass is 32.1. The fourth-order valence-electron chi connectivity index (χ4n) is 2.77. The van der Waals surface area contributed by atoms with Gasteiger partial charge in [0.15, 0.2) is 0 Å².